The van der Waals surface area contributed by atoms with Crippen LogP contribution >= 0.6 is 50.7 Å². The van der Waals surface area contributed by atoms with Crippen LogP contribution in [0.15, 0.2) is 16.6 Å². The van der Waals surface area contributed by atoms with Gasteiger partial charge in [-0.05, 0) is 22.0 Å². The lowest BCUT2D eigenvalue weighted by molar-refractivity contribution is -0.0129. The molecule has 0 radical (unpaired) electrons. The van der Waals surface area contributed by atoms with E-state index in [0.29, 0.717) is 15.8 Å². The van der Waals surface area contributed by atoms with Crippen LogP contribution in [0.3, 0.4) is 0 Å². The van der Waals surface area contributed by atoms with Crippen molar-refractivity contribution < 1.29 is 4.74 Å². The van der Waals surface area contributed by atoms with Crippen molar-refractivity contribution in [3.8, 4) is 5.75 Å². The number of rotatable bonds is 2. The zero-order valence-electron chi connectivity index (χ0n) is 9.44. The molecule has 2 unspecified atom stereocenters. The van der Waals surface area contributed by atoms with Crippen LogP contribution in [0.4, 0.5) is 0 Å². The van der Waals surface area contributed by atoms with Crippen LogP contribution in [0.2, 0.25) is 10.0 Å². The highest BCUT2D eigenvalue weighted by molar-refractivity contribution is 9.10. The van der Waals surface area contributed by atoms with E-state index in [2.05, 4.69) is 29.8 Å². The molecule has 0 amide bonds. The third-order valence-electron chi connectivity index (χ3n) is 3.30. The van der Waals surface area contributed by atoms with Gasteiger partial charge in [0.2, 0.25) is 0 Å². The zero-order valence-corrected chi connectivity index (χ0v) is 13.3. The normalized spacial score (nSPS) is 26.5. The van der Waals surface area contributed by atoms with Crippen LogP contribution in [0.5, 0.6) is 5.75 Å². The number of hydrogen-bond donors (Lipinski definition) is 0. The van der Waals surface area contributed by atoms with Crippen molar-refractivity contribution >= 4 is 50.7 Å². The van der Waals surface area contributed by atoms with Crippen LogP contribution in [-0.2, 0) is 0 Å². The van der Waals surface area contributed by atoms with Gasteiger partial charge >= 0.3 is 0 Å². The summed E-state index contributed by atoms with van der Waals surface area (Å²) in [5.41, 5.74) is -0.0373. The van der Waals surface area contributed by atoms with Crippen molar-refractivity contribution in [2.24, 2.45) is 5.41 Å². The van der Waals surface area contributed by atoms with E-state index in [1.807, 2.05) is 0 Å². The molecule has 0 saturated heterocycles. The molecular formula is C12H12BrCl3O. The van der Waals surface area contributed by atoms with Crippen molar-refractivity contribution in [2.45, 2.75) is 31.7 Å². The van der Waals surface area contributed by atoms with E-state index >= 15 is 0 Å². The molecule has 0 spiro atoms. The molecule has 94 valence electrons. The predicted molar refractivity (Wildman–Crippen MR) is 76.6 cm³/mol. The summed E-state index contributed by atoms with van der Waals surface area (Å²) in [7, 11) is 0. The molecule has 0 aliphatic heterocycles. The van der Waals surface area contributed by atoms with Gasteiger partial charge in [-0.2, -0.15) is 0 Å². The third kappa shape index (κ3) is 2.56. The van der Waals surface area contributed by atoms with Crippen molar-refractivity contribution in [1.82, 2.24) is 0 Å². The SMILES string of the molecule is CC1(C)C(Cl)CC1Oc1cc(Cl)c(Br)cc1Cl. The van der Waals surface area contributed by atoms with Gasteiger partial charge in [0.1, 0.15) is 11.9 Å². The predicted octanol–water partition coefficient (Wildman–Crippen LogP) is 5.54. The van der Waals surface area contributed by atoms with Gasteiger partial charge in [0.25, 0.3) is 0 Å². The molecule has 2 rings (SSSR count). The summed E-state index contributed by atoms with van der Waals surface area (Å²) in [5.74, 6) is 0.613. The molecule has 0 N–H and O–H groups in total. The highest BCUT2D eigenvalue weighted by atomic mass is 79.9. The largest absolute Gasteiger partial charge is 0.488 e. The number of halogens is 4. The maximum absolute atomic E-state index is 6.15. The van der Waals surface area contributed by atoms with Crippen LogP contribution < -0.4 is 4.74 Å². The molecule has 1 aliphatic rings. The maximum Gasteiger partial charge on any atom is 0.139 e. The summed E-state index contributed by atoms with van der Waals surface area (Å²) in [6.07, 6.45) is 0.915. The first-order valence-corrected chi connectivity index (χ1v) is 7.26. The Bertz CT molecular complexity index is 448. The molecule has 1 fully saturated rings. The van der Waals surface area contributed by atoms with Gasteiger partial charge in [-0.15, -0.1) is 11.6 Å². The Kier molecular flexibility index (Phi) is 3.90. The quantitative estimate of drug-likeness (QED) is 0.498. The molecule has 1 aromatic rings. The van der Waals surface area contributed by atoms with Crippen molar-refractivity contribution in [3.63, 3.8) is 0 Å². The lowest BCUT2D eigenvalue weighted by Crippen LogP contribution is -2.53. The fourth-order valence-corrected chi connectivity index (χ4v) is 2.92. The molecular weight excluding hydrogens is 346 g/mol. The molecule has 0 aromatic heterocycles. The second-order valence-electron chi connectivity index (χ2n) is 4.83. The van der Waals surface area contributed by atoms with Crippen molar-refractivity contribution in [2.75, 3.05) is 0 Å². The number of benzene rings is 1. The van der Waals surface area contributed by atoms with Crippen LogP contribution in [0.1, 0.15) is 20.3 Å². The van der Waals surface area contributed by atoms with E-state index in [1.165, 1.54) is 0 Å². The van der Waals surface area contributed by atoms with E-state index in [0.717, 1.165) is 10.9 Å². The standard InChI is InChI=1S/C12H12BrCl3O/c1-12(2)10(16)5-11(12)17-9-4-7(14)6(13)3-8(9)15/h3-4,10-11H,5H2,1-2H3. The van der Waals surface area contributed by atoms with Gasteiger partial charge in [0.05, 0.1) is 10.0 Å². The van der Waals surface area contributed by atoms with Gasteiger partial charge in [0.15, 0.2) is 0 Å². The average molecular weight is 358 g/mol. The van der Waals surface area contributed by atoms with E-state index in [-0.39, 0.29) is 16.9 Å². The maximum atomic E-state index is 6.15. The number of hydrogen-bond acceptors (Lipinski definition) is 1. The lowest BCUT2D eigenvalue weighted by Gasteiger charge is -2.48. The van der Waals surface area contributed by atoms with E-state index in [1.54, 1.807) is 12.1 Å². The second kappa shape index (κ2) is 4.80. The Morgan fingerprint density at radius 3 is 2.47 bits per heavy atom. The summed E-state index contributed by atoms with van der Waals surface area (Å²) in [6.45, 7) is 4.18. The summed E-state index contributed by atoms with van der Waals surface area (Å²) in [5, 5.41) is 1.29. The van der Waals surface area contributed by atoms with E-state index in [9.17, 15) is 0 Å². The Balaban J connectivity index is 2.18. The minimum absolute atomic E-state index is 0.0373. The summed E-state index contributed by atoms with van der Waals surface area (Å²) in [4.78, 5) is 0. The molecule has 5 heteroatoms. The molecule has 1 aromatic carbocycles. The fourth-order valence-electron chi connectivity index (χ4n) is 1.78. The summed E-state index contributed by atoms with van der Waals surface area (Å²) >= 11 is 21.6. The zero-order chi connectivity index (χ0) is 12.8. The first-order valence-electron chi connectivity index (χ1n) is 5.27. The number of ether oxygens (including phenoxy) is 1. The molecule has 0 bridgehead atoms. The summed E-state index contributed by atoms with van der Waals surface area (Å²) < 4.78 is 6.64. The Morgan fingerprint density at radius 2 is 1.94 bits per heavy atom. The minimum atomic E-state index is -0.0373. The van der Waals surface area contributed by atoms with Gasteiger partial charge in [0, 0.05) is 27.8 Å². The smallest absolute Gasteiger partial charge is 0.139 e. The first-order chi connectivity index (χ1) is 7.82. The van der Waals surface area contributed by atoms with Crippen LogP contribution in [0, 0.1) is 5.41 Å². The van der Waals surface area contributed by atoms with Gasteiger partial charge in [-0.1, -0.05) is 37.0 Å². The monoisotopic (exact) mass is 356 g/mol. The van der Waals surface area contributed by atoms with Crippen molar-refractivity contribution in [1.29, 1.82) is 0 Å². The highest BCUT2D eigenvalue weighted by Crippen LogP contribution is 2.47. The third-order valence-corrected chi connectivity index (χ3v) is 5.54. The molecule has 1 nitrogen and oxygen atoms in total. The van der Waals surface area contributed by atoms with Gasteiger partial charge < -0.3 is 4.74 Å². The number of alkyl halides is 1. The highest BCUT2D eigenvalue weighted by Gasteiger charge is 2.49. The molecule has 0 heterocycles. The van der Waals surface area contributed by atoms with Crippen molar-refractivity contribution in [3.05, 3.63) is 26.7 Å². The second-order valence-corrected chi connectivity index (χ2v) is 7.02. The molecule has 17 heavy (non-hydrogen) atoms. The molecule has 2 atom stereocenters. The average Bonchev–Trinajstić information content (AvgIpc) is 2.25. The van der Waals surface area contributed by atoms with E-state index in [4.69, 9.17) is 39.5 Å². The van der Waals surface area contributed by atoms with E-state index < -0.39 is 0 Å². The fraction of sp³-hybridized carbons (Fsp3) is 0.500. The Labute approximate surface area is 125 Å². The van der Waals surface area contributed by atoms with Gasteiger partial charge in [-0.25, -0.2) is 0 Å². The molecule has 1 aliphatic carbocycles. The summed E-state index contributed by atoms with van der Waals surface area (Å²) in [6, 6.07) is 3.47. The first kappa shape index (κ1) is 13.8. The van der Waals surface area contributed by atoms with Crippen LogP contribution in [0.25, 0.3) is 0 Å². The Hall–Kier alpha value is 0.370. The van der Waals surface area contributed by atoms with Gasteiger partial charge in [-0.3, -0.25) is 0 Å². The topological polar surface area (TPSA) is 9.23 Å². The Morgan fingerprint density at radius 1 is 1.29 bits per heavy atom. The lowest BCUT2D eigenvalue weighted by atomic mass is 9.68. The molecule has 1 saturated carbocycles. The van der Waals surface area contributed by atoms with Crippen LogP contribution in [-0.4, -0.2) is 11.5 Å². The minimum Gasteiger partial charge on any atom is -0.488 e.